The van der Waals surface area contributed by atoms with Crippen molar-refractivity contribution >= 4 is 17.3 Å². The van der Waals surface area contributed by atoms with Crippen molar-refractivity contribution in [3.63, 3.8) is 0 Å². The fourth-order valence-electron chi connectivity index (χ4n) is 1.52. The van der Waals surface area contributed by atoms with Crippen molar-refractivity contribution in [1.82, 2.24) is 4.98 Å². The Bertz CT molecular complexity index is 585. The number of benzene rings is 1. The first-order chi connectivity index (χ1) is 8.69. The molecule has 0 atom stereocenters. The number of nitriles is 1. The second-order valence-electron chi connectivity index (χ2n) is 3.99. The molecule has 1 N–H and O–H groups in total. The van der Waals surface area contributed by atoms with Crippen LogP contribution in [0, 0.1) is 18.3 Å². The summed E-state index contributed by atoms with van der Waals surface area (Å²) in [6, 6.07) is 11.3. The Morgan fingerprint density at radius 1 is 1.33 bits per heavy atom. The average molecular weight is 258 g/mol. The van der Waals surface area contributed by atoms with E-state index in [9.17, 15) is 0 Å². The lowest BCUT2D eigenvalue weighted by atomic mass is 10.2. The summed E-state index contributed by atoms with van der Waals surface area (Å²) in [4.78, 5) is 4.30. The zero-order valence-corrected chi connectivity index (χ0v) is 10.7. The van der Waals surface area contributed by atoms with Gasteiger partial charge in [0, 0.05) is 11.9 Å². The topological polar surface area (TPSA) is 48.7 Å². The van der Waals surface area contributed by atoms with Gasteiger partial charge >= 0.3 is 0 Å². The molecule has 4 heteroatoms. The van der Waals surface area contributed by atoms with Crippen LogP contribution in [0.15, 0.2) is 36.5 Å². The van der Waals surface area contributed by atoms with E-state index in [1.165, 1.54) is 0 Å². The number of aromatic nitrogens is 1. The molecule has 0 unspecified atom stereocenters. The Balaban J connectivity index is 2.06. The number of anilines is 1. The molecular formula is C14H12ClN3. The van der Waals surface area contributed by atoms with Gasteiger partial charge in [0.15, 0.2) is 0 Å². The second kappa shape index (κ2) is 5.52. The largest absolute Gasteiger partial charge is 0.379 e. The first-order valence-corrected chi connectivity index (χ1v) is 5.92. The first kappa shape index (κ1) is 12.4. The zero-order chi connectivity index (χ0) is 13.0. The molecule has 3 nitrogen and oxygen atoms in total. The number of nitrogens with zero attached hydrogens (tertiary/aromatic N) is 2. The highest BCUT2D eigenvalue weighted by molar-refractivity contribution is 6.31. The maximum Gasteiger partial charge on any atom is 0.101 e. The number of halogens is 1. The quantitative estimate of drug-likeness (QED) is 0.915. The van der Waals surface area contributed by atoms with Crippen LogP contribution in [-0.4, -0.2) is 4.98 Å². The van der Waals surface area contributed by atoms with Gasteiger partial charge in [0.1, 0.15) is 6.07 Å². The normalized spacial score (nSPS) is 9.83. The van der Waals surface area contributed by atoms with Crippen LogP contribution in [0.2, 0.25) is 5.02 Å². The summed E-state index contributed by atoms with van der Waals surface area (Å²) in [6.07, 6.45) is 1.83. The SMILES string of the molecule is Cc1ccc(CNc2ccc(Cl)c(C#N)c2)nc1. The fraction of sp³-hybridized carbons (Fsp3) is 0.143. The van der Waals surface area contributed by atoms with Gasteiger partial charge in [0.05, 0.1) is 22.8 Å². The van der Waals surface area contributed by atoms with Crippen LogP contribution >= 0.6 is 11.6 Å². The Morgan fingerprint density at radius 2 is 2.17 bits per heavy atom. The predicted octanol–water partition coefficient (Wildman–Crippen LogP) is 3.53. The Labute approximate surface area is 111 Å². The number of nitrogens with one attached hydrogen (secondary N) is 1. The van der Waals surface area contributed by atoms with Crippen LogP contribution in [0.25, 0.3) is 0 Å². The third-order valence-corrected chi connectivity index (χ3v) is 2.86. The van der Waals surface area contributed by atoms with Crippen LogP contribution in [-0.2, 0) is 6.54 Å². The minimum atomic E-state index is 0.469. The first-order valence-electron chi connectivity index (χ1n) is 5.54. The van der Waals surface area contributed by atoms with Crippen molar-refractivity contribution in [2.24, 2.45) is 0 Å². The van der Waals surface area contributed by atoms with E-state index in [4.69, 9.17) is 16.9 Å². The predicted molar refractivity (Wildman–Crippen MR) is 72.5 cm³/mol. The maximum atomic E-state index is 8.88. The van der Waals surface area contributed by atoms with Crippen molar-refractivity contribution < 1.29 is 0 Å². The number of hydrogen-bond donors (Lipinski definition) is 1. The van der Waals surface area contributed by atoms with Crippen LogP contribution < -0.4 is 5.32 Å². The lowest BCUT2D eigenvalue weighted by Gasteiger charge is -2.07. The van der Waals surface area contributed by atoms with Crippen LogP contribution in [0.4, 0.5) is 5.69 Å². The smallest absolute Gasteiger partial charge is 0.101 e. The highest BCUT2D eigenvalue weighted by atomic mass is 35.5. The Morgan fingerprint density at radius 3 is 2.83 bits per heavy atom. The number of rotatable bonds is 3. The molecule has 1 aromatic carbocycles. The summed E-state index contributed by atoms with van der Waals surface area (Å²) in [7, 11) is 0. The van der Waals surface area contributed by atoms with Gasteiger partial charge in [-0.25, -0.2) is 0 Å². The maximum absolute atomic E-state index is 8.88. The molecule has 0 spiro atoms. The van der Waals surface area contributed by atoms with Gasteiger partial charge in [-0.15, -0.1) is 0 Å². The molecule has 90 valence electrons. The van der Waals surface area contributed by atoms with Crippen molar-refractivity contribution in [1.29, 1.82) is 5.26 Å². The van der Waals surface area contributed by atoms with Gasteiger partial charge in [0.25, 0.3) is 0 Å². The summed E-state index contributed by atoms with van der Waals surface area (Å²) in [6.45, 7) is 2.62. The standard InChI is InChI=1S/C14H12ClN3/c1-10-2-3-13(17-8-10)9-18-12-4-5-14(15)11(6-12)7-16/h2-6,8,18H,9H2,1H3. The van der Waals surface area contributed by atoms with E-state index in [1.807, 2.05) is 31.3 Å². The van der Waals surface area contributed by atoms with Crippen molar-refractivity contribution in [3.05, 3.63) is 58.4 Å². The molecule has 2 aromatic rings. The van der Waals surface area contributed by atoms with Crippen LogP contribution in [0.1, 0.15) is 16.8 Å². The molecule has 0 radical (unpaired) electrons. The molecule has 0 fully saturated rings. The van der Waals surface area contributed by atoms with Crippen molar-refractivity contribution in [2.75, 3.05) is 5.32 Å². The molecule has 0 saturated heterocycles. The fourth-order valence-corrected chi connectivity index (χ4v) is 1.68. The minimum absolute atomic E-state index is 0.469. The van der Waals surface area contributed by atoms with Gasteiger partial charge in [0.2, 0.25) is 0 Å². The van der Waals surface area contributed by atoms with Gasteiger partial charge in [-0.1, -0.05) is 17.7 Å². The zero-order valence-electron chi connectivity index (χ0n) is 9.94. The van der Waals surface area contributed by atoms with Gasteiger partial charge < -0.3 is 5.32 Å². The second-order valence-corrected chi connectivity index (χ2v) is 4.39. The highest BCUT2D eigenvalue weighted by Crippen LogP contribution is 2.19. The van der Waals surface area contributed by atoms with E-state index < -0.39 is 0 Å². The number of pyridine rings is 1. The van der Waals surface area contributed by atoms with Gasteiger partial charge in [-0.05, 0) is 36.8 Å². The molecular weight excluding hydrogens is 246 g/mol. The third kappa shape index (κ3) is 2.99. The summed E-state index contributed by atoms with van der Waals surface area (Å²) < 4.78 is 0. The van der Waals surface area contributed by atoms with E-state index in [1.54, 1.807) is 12.1 Å². The lowest BCUT2D eigenvalue weighted by molar-refractivity contribution is 1.04. The number of aryl methyl sites for hydroxylation is 1. The molecule has 0 saturated carbocycles. The van der Waals surface area contributed by atoms with E-state index in [0.29, 0.717) is 17.1 Å². The number of hydrogen-bond acceptors (Lipinski definition) is 3. The molecule has 1 heterocycles. The van der Waals surface area contributed by atoms with Gasteiger partial charge in [-0.3, -0.25) is 4.98 Å². The lowest BCUT2D eigenvalue weighted by Crippen LogP contribution is -2.01. The van der Waals surface area contributed by atoms with Crippen LogP contribution in [0.3, 0.4) is 0 Å². The minimum Gasteiger partial charge on any atom is -0.379 e. The molecule has 2 rings (SSSR count). The summed E-state index contributed by atoms with van der Waals surface area (Å²) in [5, 5.41) is 12.6. The third-order valence-electron chi connectivity index (χ3n) is 2.53. The van der Waals surface area contributed by atoms with E-state index in [0.717, 1.165) is 16.9 Å². The van der Waals surface area contributed by atoms with E-state index >= 15 is 0 Å². The summed E-state index contributed by atoms with van der Waals surface area (Å²) in [5.74, 6) is 0. The Kier molecular flexibility index (Phi) is 3.81. The molecule has 0 aliphatic rings. The highest BCUT2D eigenvalue weighted by Gasteiger charge is 2.01. The summed E-state index contributed by atoms with van der Waals surface area (Å²) in [5.41, 5.74) is 3.42. The van der Waals surface area contributed by atoms with E-state index in [2.05, 4.69) is 16.4 Å². The van der Waals surface area contributed by atoms with Gasteiger partial charge in [-0.2, -0.15) is 5.26 Å². The molecule has 0 aliphatic carbocycles. The molecule has 18 heavy (non-hydrogen) atoms. The molecule has 1 aromatic heterocycles. The average Bonchev–Trinajstić information content (AvgIpc) is 2.39. The summed E-state index contributed by atoms with van der Waals surface area (Å²) >= 11 is 5.87. The molecule has 0 amide bonds. The Hall–Kier alpha value is -2.05. The van der Waals surface area contributed by atoms with Crippen molar-refractivity contribution in [3.8, 4) is 6.07 Å². The monoisotopic (exact) mass is 257 g/mol. The molecule has 0 aliphatic heterocycles. The molecule has 0 bridgehead atoms. The van der Waals surface area contributed by atoms with E-state index in [-0.39, 0.29) is 0 Å². The van der Waals surface area contributed by atoms with Crippen molar-refractivity contribution in [2.45, 2.75) is 13.5 Å². The van der Waals surface area contributed by atoms with Crippen LogP contribution in [0.5, 0.6) is 0 Å².